The van der Waals surface area contributed by atoms with E-state index in [2.05, 4.69) is 31.9 Å². The first-order valence-electron chi connectivity index (χ1n) is 29.4. The number of hydrogen-bond donors (Lipinski definition) is 7. The van der Waals surface area contributed by atoms with Gasteiger partial charge in [-0.1, -0.05) is 121 Å². The fourth-order valence-electron chi connectivity index (χ4n) is 10.4. The summed E-state index contributed by atoms with van der Waals surface area (Å²) in [6.07, 6.45) is 0.322. The SMILES string of the molecule is Cc1c2ccc(c1C)C(=O)NCCN1CCNC(=O)c3ccc(c(OCc4ccccc4)c3OCc3ccccc3)C(=O)NCCN(CCNC2=O)CCNC(=O)c2ccc(c(OCc3ccccc3)c2OCc2ccccc2)C(=O)N[C@@H](CCN)C1. The standard InChI is InChI=1S/C68H75N9O10/c1-46-47(2)54-24-23-53(46)63(78)70-31-36-76-37-32-72-65(80)55-25-26-56(60(85-43-49-17-9-4-10-18-49)59(55)84-42-48-15-7-3-8-16-48)67(82)74-35-40-77(39-34-71-64(54)79)41-52(29-30-69)75-68(83)58-28-27-57(66(81)73-33-38-76)61(86-44-50-19-11-5-12-20-50)62(58)87-45-51-21-13-6-14-22-51/h3-28,52H,29-45,69H2,1-2H3,(H,70,78)(H,71,79)(H,72,80)(H,73,81)(H,74,82)(H,75,83)/t52-/m0/s1. The molecule has 19 heteroatoms. The van der Waals surface area contributed by atoms with E-state index in [0.717, 1.165) is 22.3 Å². The Hall–Kier alpha value is -9.56. The minimum Gasteiger partial charge on any atom is -0.484 e. The fourth-order valence-corrected chi connectivity index (χ4v) is 10.4. The van der Waals surface area contributed by atoms with Crippen LogP contribution >= 0.6 is 0 Å². The Bertz CT molecular complexity index is 3500. The third-order valence-electron chi connectivity index (χ3n) is 15.3. The van der Waals surface area contributed by atoms with Crippen LogP contribution in [0.3, 0.4) is 0 Å². The van der Waals surface area contributed by atoms with Crippen molar-refractivity contribution in [1.82, 2.24) is 41.7 Å². The lowest BCUT2D eigenvalue weighted by Gasteiger charge is -2.29. The van der Waals surface area contributed by atoms with E-state index in [-0.39, 0.29) is 162 Å². The van der Waals surface area contributed by atoms with Crippen LogP contribution in [0.15, 0.2) is 158 Å². The Morgan fingerprint density at radius 1 is 0.368 bits per heavy atom. The molecule has 9 aliphatic heterocycles. The summed E-state index contributed by atoms with van der Waals surface area (Å²) in [4.78, 5) is 91.1. The summed E-state index contributed by atoms with van der Waals surface area (Å²) >= 11 is 0. The van der Waals surface area contributed by atoms with Gasteiger partial charge in [0.25, 0.3) is 35.4 Å². The first-order valence-corrected chi connectivity index (χ1v) is 29.4. The van der Waals surface area contributed by atoms with Crippen molar-refractivity contribution in [3.63, 3.8) is 0 Å². The molecule has 19 nitrogen and oxygen atoms in total. The smallest absolute Gasteiger partial charge is 0.255 e. The lowest BCUT2D eigenvalue weighted by Crippen LogP contribution is -2.48. The van der Waals surface area contributed by atoms with Gasteiger partial charge < -0.3 is 56.6 Å². The molecule has 87 heavy (non-hydrogen) atoms. The number of nitrogens with two attached hydrogens (primary N) is 1. The Labute approximate surface area is 507 Å². The van der Waals surface area contributed by atoms with Gasteiger partial charge in [-0.05, 0) is 96.6 Å². The van der Waals surface area contributed by atoms with E-state index >= 15 is 4.79 Å². The van der Waals surface area contributed by atoms with Gasteiger partial charge in [0.2, 0.25) is 0 Å². The van der Waals surface area contributed by atoms with Crippen LogP contribution < -0.4 is 56.6 Å². The van der Waals surface area contributed by atoms with Crippen molar-refractivity contribution < 1.29 is 47.7 Å². The number of benzene rings is 7. The van der Waals surface area contributed by atoms with Crippen molar-refractivity contribution in [2.45, 2.75) is 52.7 Å². The van der Waals surface area contributed by atoms with Crippen LogP contribution in [0, 0.1) is 13.8 Å². The molecule has 0 aromatic heterocycles. The zero-order valence-corrected chi connectivity index (χ0v) is 49.2. The van der Waals surface area contributed by atoms with Gasteiger partial charge in [0.1, 0.15) is 26.4 Å². The van der Waals surface area contributed by atoms with Crippen LogP contribution in [0.4, 0.5) is 0 Å². The summed E-state index contributed by atoms with van der Waals surface area (Å²) in [6.45, 7) is 6.05. The van der Waals surface area contributed by atoms with Crippen LogP contribution in [-0.2, 0) is 26.4 Å². The summed E-state index contributed by atoms with van der Waals surface area (Å²) in [5.41, 5.74) is 12.1. The summed E-state index contributed by atoms with van der Waals surface area (Å²) in [7, 11) is 0. The molecule has 0 saturated carbocycles. The van der Waals surface area contributed by atoms with Crippen molar-refractivity contribution >= 4 is 35.4 Å². The van der Waals surface area contributed by atoms with Crippen LogP contribution in [0.5, 0.6) is 23.0 Å². The van der Waals surface area contributed by atoms with Gasteiger partial charge in [0.05, 0.1) is 22.3 Å². The first kappa shape index (κ1) is 62.0. The molecule has 9 heterocycles. The van der Waals surface area contributed by atoms with Crippen LogP contribution in [0.25, 0.3) is 0 Å². The lowest BCUT2D eigenvalue weighted by molar-refractivity contribution is 0.0900. The largest absolute Gasteiger partial charge is 0.484 e. The molecule has 9 aliphatic rings. The fraction of sp³-hybridized carbons (Fsp3) is 0.294. The number of hydrogen-bond acceptors (Lipinski definition) is 13. The maximum atomic E-state index is 15.0. The Morgan fingerprint density at radius 3 is 0.931 bits per heavy atom. The Kier molecular flexibility index (Phi) is 22.1. The molecule has 3 atom stereocenters. The van der Waals surface area contributed by atoms with Gasteiger partial charge in [-0.2, -0.15) is 0 Å². The molecule has 6 amide bonds. The third-order valence-corrected chi connectivity index (χ3v) is 15.3. The third kappa shape index (κ3) is 16.9. The van der Waals surface area contributed by atoms with E-state index in [0.29, 0.717) is 28.7 Å². The van der Waals surface area contributed by atoms with E-state index in [4.69, 9.17) is 24.7 Å². The minimum absolute atomic E-state index is 0.0308. The highest BCUT2D eigenvalue weighted by atomic mass is 16.5. The molecule has 16 rings (SSSR count). The molecule has 2 unspecified atom stereocenters. The van der Waals surface area contributed by atoms with E-state index in [1.54, 1.807) is 50.2 Å². The summed E-state index contributed by atoms with van der Waals surface area (Å²) < 4.78 is 26.3. The van der Waals surface area contributed by atoms with Crippen LogP contribution in [0.2, 0.25) is 0 Å². The highest BCUT2D eigenvalue weighted by Gasteiger charge is 2.29. The number of carbonyl (C=O) groups excluding carboxylic acids is 6. The van der Waals surface area contributed by atoms with Crippen molar-refractivity contribution in [3.05, 3.63) is 224 Å². The van der Waals surface area contributed by atoms with Crippen LogP contribution in [0.1, 0.15) is 102 Å². The Balaban J connectivity index is 1.13. The van der Waals surface area contributed by atoms with E-state index in [9.17, 15) is 24.0 Å². The van der Waals surface area contributed by atoms with E-state index in [1.165, 1.54) is 0 Å². The lowest BCUT2D eigenvalue weighted by atomic mass is 9.97. The molecule has 7 aromatic rings. The molecule has 8 N–H and O–H groups in total. The molecule has 0 saturated heterocycles. The number of nitrogens with zero attached hydrogens (tertiary/aromatic N) is 2. The van der Waals surface area contributed by atoms with Crippen molar-refractivity contribution in [2.24, 2.45) is 5.73 Å². The number of nitrogens with one attached hydrogen (secondary N) is 6. The highest BCUT2D eigenvalue weighted by molar-refractivity contribution is 6.05. The maximum absolute atomic E-state index is 15.0. The second-order valence-corrected chi connectivity index (χ2v) is 21.3. The van der Waals surface area contributed by atoms with Gasteiger partial charge in [0.15, 0.2) is 23.0 Å². The molecule has 0 fully saturated rings. The monoisotopic (exact) mass is 1180 g/mol. The van der Waals surface area contributed by atoms with Gasteiger partial charge in [-0.3, -0.25) is 38.6 Å². The minimum atomic E-state index is -0.600. The van der Waals surface area contributed by atoms with Gasteiger partial charge >= 0.3 is 0 Å². The van der Waals surface area contributed by atoms with Gasteiger partial charge in [0, 0.05) is 89.2 Å². The predicted octanol–water partition coefficient (Wildman–Crippen LogP) is 6.75. The highest BCUT2D eigenvalue weighted by Crippen LogP contribution is 2.39. The number of carbonyl (C=O) groups is 6. The van der Waals surface area contributed by atoms with Gasteiger partial charge in [-0.25, -0.2) is 0 Å². The zero-order chi connectivity index (χ0) is 60.9. The molecule has 0 spiro atoms. The number of ether oxygens (including phenoxy) is 4. The summed E-state index contributed by atoms with van der Waals surface area (Å²) in [5, 5.41) is 18.5. The molecule has 7 aromatic carbocycles. The second-order valence-electron chi connectivity index (χ2n) is 21.3. The van der Waals surface area contributed by atoms with Crippen molar-refractivity contribution in [1.29, 1.82) is 0 Å². The van der Waals surface area contributed by atoms with Gasteiger partial charge in [-0.15, -0.1) is 0 Å². The quantitative estimate of drug-likeness (QED) is 0.0597. The normalized spacial score (nSPS) is 17.5. The number of amides is 6. The predicted molar refractivity (Wildman–Crippen MR) is 331 cm³/mol. The number of rotatable bonds is 14. The van der Waals surface area contributed by atoms with Crippen molar-refractivity contribution in [2.75, 3.05) is 78.5 Å². The zero-order valence-electron chi connectivity index (χ0n) is 49.2. The first-order chi connectivity index (χ1) is 42.4. The second kappa shape index (κ2) is 31.0. The average Bonchev–Trinajstić information content (AvgIpc) is 2.61. The van der Waals surface area contributed by atoms with E-state index < -0.39 is 29.7 Å². The van der Waals surface area contributed by atoms with Crippen molar-refractivity contribution in [3.8, 4) is 23.0 Å². The topological polar surface area (TPSA) is 244 Å². The molecular formula is C68H75N9O10. The summed E-state index contributed by atoms with van der Waals surface area (Å²) in [6, 6.07) is 46.6. The molecule has 0 radical (unpaired) electrons. The Morgan fingerprint density at radius 2 is 0.632 bits per heavy atom. The molecule has 0 aliphatic carbocycles. The molecule has 8 bridgehead atoms. The summed E-state index contributed by atoms with van der Waals surface area (Å²) in [5.74, 6) is -2.44. The molecular weight excluding hydrogens is 1100 g/mol. The molecule has 452 valence electrons. The maximum Gasteiger partial charge on any atom is 0.255 e. The van der Waals surface area contributed by atoms with E-state index in [1.807, 2.05) is 131 Å². The van der Waals surface area contributed by atoms with Crippen LogP contribution in [-0.4, -0.2) is 130 Å². The average molecular weight is 1180 g/mol.